The Balaban J connectivity index is 2.36. The van der Waals surface area contributed by atoms with E-state index < -0.39 is 0 Å². The van der Waals surface area contributed by atoms with Crippen molar-refractivity contribution in [1.29, 1.82) is 0 Å². The van der Waals surface area contributed by atoms with Gasteiger partial charge in [0.25, 0.3) is 0 Å². The summed E-state index contributed by atoms with van der Waals surface area (Å²) in [6, 6.07) is 8.09. The number of aliphatic hydroxyl groups is 1. The molecule has 0 aliphatic rings. The zero-order chi connectivity index (χ0) is 12.5. The van der Waals surface area contributed by atoms with E-state index in [0.29, 0.717) is 0 Å². The smallest absolute Gasteiger partial charge is 0.107 e. The number of aliphatic hydroxyl groups excluding tert-OH is 1. The lowest BCUT2D eigenvalue weighted by atomic mass is 10.1. The summed E-state index contributed by atoms with van der Waals surface area (Å²) in [5.74, 6) is 0. The second kappa shape index (κ2) is 4.38. The molecule has 0 aliphatic carbocycles. The molecule has 0 amide bonds. The molecule has 18 heavy (non-hydrogen) atoms. The van der Waals surface area contributed by atoms with E-state index in [2.05, 4.69) is 21.5 Å². The normalized spacial score (nSPS) is 13.2. The number of pyridine rings is 1. The van der Waals surface area contributed by atoms with Crippen molar-refractivity contribution in [3.8, 4) is 0 Å². The van der Waals surface area contributed by atoms with Crippen LogP contribution in [0.5, 0.6) is 0 Å². The molecule has 0 radical (unpaired) electrons. The first kappa shape index (κ1) is 11.2. The largest absolute Gasteiger partial charge is 0.394 e. The van der Waals surface area contributed by atoms with E-state index in [1.807, 2.05) is 24.3 Å². The Morgan fingerprint density at radius 3 is 2.83 bits per heavy atom. The van der Waals surface area contributed by atoms with Crippen LogP contribution in [0, 0.1) is 0 Å². The monoisotopic (exact) mass is 241 g/mol. The van der Waals surface area contributed by atoms with Gasteiger partial charge in [-0.2, -0.15) is 0 Å². The number of rotatable bonds is 3. The van der Waals surface area contributed by atoms with E-state index in [4.69, 9.17) is 0 Å². The number of nitrogens with zero attached hydrogens (tertiary/aromatic N) is 3. The Hall–Kier alpha value is -1.94. The summed E-state index contributed by atoms with van der Waals surface area (Å²) in [4.78, 5) is 8.77. The molecule has 2 heterocycles. The van der Waals surface area contributed by atoms with Gasteiger partial charge in [-0.05, 0) is 12.5 Å². The Labute approximate surface area is 105 Å². The third-order valence-corrected chi connectivity index (χ3v) is 3.38. The van der Waals surface area contributed by atoms with Crippen LogP contribution in [0.3, 0.4) is 0 Å². The maximum absolute atomic E-state index is 9.47. The van der Waals surface area contributed by atoms with Crippen molar-refractivity contribution in [2.24, 2.45) is 0 Å². The van der Waals surface area contributed by atoms with Gasteiger partial charge in [0, 0.05) is 5.39 Å². The molecule has 1 aromatic carbocycles. The molecule has 2 aromatic heterocycles. The van der Waals surface area contributed by atoms with Crippen LogP contribution in [0.4, 0.5) is 0 Å². The third kappa shape index (κ3) is 1.57. The first-order chi connectivity index (χ1) is 8.85. The van der Waals surface area contributed by atoms with Crippen LogP contribution in [0.2, 0.25) is 0 Å². The predicted octanol–water partition coefficient (Wildman–Crippen LogP) is 2.53. The van der Waals surface area contributed by atoms with E-state index in [1.54, 1.807) is 12.5 Å². The molecule has 3 aromatic rings. The van der Waals surface area contributed by atoms with Crippen LogP contribution in [0.25, 0.3) is 21.9 Å². The van der Waals surface area contributed by atoms with Gasteiger partial charge in [-0.15, -0.1) is 0 Å². The van der Waals surface area contributed by atoms with E-state index in [1.165, 1.54) is 0 Å². The average Bonchev–Trinajstić information content (AvgIpc) is 2.85. The van der Waals surface area contributed by atoms with Gasteiger partial charge in [0.1, 0.15) is 5.52 Å². The highest BCUT2D eigenvalue weighted by Crippen LogP contribution is 2.26. The number of aromatic nitrogens is 3. The molecule has 4 nitrogen and oxygen atoms in total. The highest BCUT2D eigenvalue weighted by Gasteiger charge is 2.13. The fourth-order valence-corrected chi connectivity index (χ4v) is 2.35. The summed E-state index contributed by atoms with van der Waals surface area (Å²) in [5.41, 5.74) is 2.89. The van der Waals surface area contributed by atoms with Crippen molar-refractivity contribution in [2.45, 2.75) is 19.4 Å². The first-order valence-electron chi connectivity index (χ1n) is 6.16. The fraction of sp³-hybridized carbons (Fsp3) is 0.286. The molecule has 0 spiro atoms. The summed E-state index contributed by atoms with van der Waals surface area (Å²) in [6.07, 6.45) is 4.46. The summed E-state index contributed by atoms with van der Waals surface area (Å²) in [5, 5.41) is 10.5. The summed E-state index contributed by atoms with van der Waals surface area (Å²) < 4.78 is 2.05. The second-order valence-electron chi connectivity index (χ2n) is 4.41. The lowest BCUT2D eigenvalue weighted by molar-refractivity contribution is 0.227. The molecule has 3 rings (SSSR count). The van der Waals surface area contributed by atoms with Crippen molar-refractivity contribution in [1.82, 2.24) is 14.5 Å². The minimum Gasteiger partial charge on any atom is -0.394 e. The number of hydrogen-bond donors (Lipinski definition) is 1. The van der Waals surface area contributed by atoms with E-state index in [9.17, 15) is 5.11 Å². The standard InChI is InChI=1S/C14H15N3O/c1-2-10(8-18)17-9-16-13-7-15-12-6-4-3-5-11(12)14(13)17/h3-7,9-10,18H,2,8H2,1H3. The van der Waals surface area contributed by atoms with Crippen molar-refractivity contribution in [2.75, 3.05) is 6.61 Å². The molecule has 1 unspecified atom stereocenters. The SMILES string of the molecule is CCC(CO)n1cnc2cnc3ccccc3c21. The third-order valence-electron chi connectivity index (χ3n) is 3.38. The van der Waals surface area contributed by atoms with Crippen LogP contribution in [0.15, 0.2) is 36.8 Å². The van der Waals surface area contributed by atoms with Gasteiger partial charge < -0.3 is 9.67 Å². The zero-order valence-electron chi connectivity index (χ0n) is 10.2. The molecule has 4 heteroatoms. The van der Waals surface area contributed by atoms with Crippen LogP contribution in [0.1, 0.15) is 19.4 Å². The molecule has 0 saturated carbocycles. The Bertz CT molecular complexity index is 686. The number of fused-ring (bicyclic) bond motifs is 3. The van der Waals surface area contributed by atoms with Gasteiger partial charge in [-0.1, -0.05) is 25.1 Å². The summed E-state index contributed by atoms with van der Waals surface area (Å²) >= 11 is 0. The lowest BCUT2D eigenvalue weighted by Crippen LogP contribution is -2.11. The van der Waals surface area contributed by atoms with Crippen molar-refractivity contribution in [3.05, 3.63) is 36.8 Å². The molecule has 92 valence electrons. The van der Waals surface area contributed by atoms with E-state index >= 15 is 0 Å². The van der Waals surface area contributed by atoms with Crippen LogP contribution >= 0.6 is 0 Å². The molecule has 0 aliphatic heterocycles. The molecule has 0 bridgehead atoms. The summed E-state index contributed by atoms with van der Waals surface area (Å²) in [7, 11) is 0. The topological polar surface area (TPSA) is 50.9 Å². The van der Waals surface area contributed by atoms with Gasteiger partial charge in [0.2, 0.25) is 0 Å². The van der Waals surface area contributed by atoms with Gasteiger partial charge in [0.15, 0.2) is 0 Å². The van der Waals surface area contributed by atoms with Gasteiger partial charge in [-0.3, -0.25) is 4.98 Å². The summed E-state index contributed by atoms with van der Waals surface area (Å²) in [6.45, 7) is 2.19. The quantitative estimate of drug-likeness (QED) is 0.766. The molecular formula is C14H15N3O. The maximum atomic E-state index is 9.47. The highest BCUT2D eigenvalue weighted by atomic mass is 16.3. The highest BCUT2D eigenvalue weighted by molar-refractivity contribution is 6.01. The molecule has 1 atom stereocenters. The van der Waals surface area contributed by atoms with E-state index in [-0.39, 0.29) is 12.6 Å². The minimum atomic E-state index is 0.0702. The predicted molar refractivity (Wildman–Crippen MR) is 71.4 cm³/mol. The molecular weight excluding hydrogens is 226 g/mol. The second-order valence-corrected chi connectivity index (χ2v) is 4.41. The fourth-order valence-electron chi connectivity index (χ4n) is 2.35. The molecule has 0 saturated heterocycles. The maximum Gasteiger partial charge on any atom is 0.107 e. The Morgan fingerprint density at radius 1 is 1.22 bits per heavy atom. The van der Waals surface area contributed by atoms with Crippen LogP contribution in [-0.2, 0) is 0 Å². The zero-order valence-corrected chi connectivity index (χ0v) is 10.2. The number of imidazole rings is 1. The molecule has 1 N–H and O–H groups in total. The van der Waals surface area contributed by atoms with Crippen LogP contribution in [-0.4, -0.2) is 26.2 Å². The Kier molecular flexibility index (Phi) is 2.72. The lowest BCUT2D eigenvalue weighted by Gasteiger charge is -2.15. The van der Waals surface area contributed by atoms with E-state index in [0.717, 1.165) is 28.4 Å². The number of hydrogen-bond acceptors (Lipinski definition) is 3. The first-order valence-corrected chi connectivity index (χ1v) is 6.16. The number of benzene rings is 1. The van der Waals surface area contributed by atoms with Crippen molar-refractivity contribution < 1.29 is 5.11 Å². The Morgan fingerprint density at radius 2 is 2.06 bits per heavy atom. The van der Waals surface area contributed by atoms with Gasteiger partial charge in [-0.25, -0.2) is 4.98 Å². The average molecular weight is 241 g/mol. The number of para-hydroxylation sites is 1. The van der Waals surface area contributed by atoms with Gasteiger partial charge in [0.05, 0.1) is 36.2 Å². The van der Waals surface area contributed by atoms with Gasteiger partial charge >= 0.3 is 0 Å². The molecule has 0 fully saturated rings. The van der Waals surface area contributed by atoms with Crippen LogP contribution < -0.4 is 0 Å². The minimum absolute atomic E-state index is 0.0702. The van der Waals surface area contributed by atoms with Crippen molar-refractivity contribution in [3.63, 3.8) is 0 Å². The van der Waals surface area contributed by atoms with Crippen molar-refractivity contribution >= 4 is 21.9 Å².